The third-order valence-electron chi connectivity index (χ3n) is 4.85. The normalized spacial score (nSPS) is 17.4. The summed E-state index contributed by atoms with van der Waals surface area (Å²) in [4.78, 5) is 0. The number of benzene rings is 1. The van der Waals surface area contributed by atoms with Gasteiger partial charge in [0.2, 0.25) is 0 Å². The molecule has 0 bridgehead atoms. The van der Waals surface area contributed by atoms with Crippen LogP contribution in [0.3, 0.4) is 0 Å². The van der Waals surface area contributed by atoms with Crippen molar-refractivity contribution in [2.75, 3.05) is 0 Å². The van der Waals surface area contributed by atoms with Crippen molar-refractivity contribution in [1.29, 1.82) is 0 Å². The summed E-state index contributed by atoms with van der Waals surface area (Å²) in [7, 11) is 0. The van der Waals surface area contributed by atoms with Gasteiger partial charge < -0.3 is 0 Å². The van der Waals surface area contributed by atoms with Crippen LogP contribution in [0, 0.1) is 5.41 Å². The molecule has 2 rings (SSSR count). The Labute approximate surface area is 126 Å². The van der Waals surface area contributed by atoms with E-state index in [0.29, 0.717) is 5.41 Å². The van der Waals surface area contributed by atoms with Gasteiger partial charge in [0.15, 0.2) is 0 Å². The van der Waals surface area contributed by atoms with E-state index in [-0.39, 0.29) is 0 Å². The molecular formula is C20H32. The second-order valence-electron chi connectivity index (χ2n) is 6.65. The van der Waals surface area contributed by atoms with Crippen LogP contribution >= 0.6 is 0 Å². The van der Waals surface area contributed by atoms with Gasteiger partial charge in [-0.15, -0.1) is 0 Å². The van der Waals surface area contributed by atoms with E-state index in [1.165, 1.54) is 49.7 Å². The van der Waals surface area contributed by atoms with E-state index in [1.54, 1.807) is 0 Å². The van der Waals surface area contributed by atoms with Crippen molar-refractivity contribution in [2.45, 2.75) is 72.1 Å². The van der Waals surface area contributed by atoms with Crippen molar-refractivity contribution in [2.24, 2.45) is 5.41 Å². The Bertz CT molecular complexity index is 384. The van der Waals surface area contributed by atoms with Crippen LogP contribution in [0.15, 0.2) is 42.5 Å². The fourth-order valence-corrected chi connectivity index (χ4v) is 2.59. The van der Waals surface area contributed by atoms with Crippen molar-refractivity contribution in [3.05, 3.63) is 48.0 Å². The first-order valence-electron chi connectivity index (χ1n) is 8.20. The minimum Gasteiger partial charge on any atom is -0.0996 e. The average Bonchev–Trinajstić information content (AvgIpc) is 2.43. The minimum absolute atomic E-state index is 0.528. The summed E-state index contributed by atoms with van der Waals surface area (Å²) >= 11 is 0. The van der Waals surface area contributed by atoms with Gasteiger partial charge in [0, 0.05) is 0 Å². The highest BCUT2D eigenvalue weighted by Crippen LogP contribution is 2.45. The number of hydrogen-bond donors (Lipinski definition) is 0. The predicted molar refractivity (Wildman–Crippen MR) is 91.2 cm³/mol. The topological polar surface area (TPSA) is 0 Å². The lowest BCUT2D eigenvalue weighted by molar-refractivity contribution is 0.215. The van der Waals surface area contributed by atoms with Crippen LogP contribution in [0.1, 0.15) is 77.7 Å². The summed E-state index contributed by atoms with van der Waals surface area (Å²) < 4.78 is 0. The maximum Gasteiger partial charge on any atom is -0.0122 e. The number of rotatable bonds is 5. The third kappa shape index (κ3) is 5.15. The molecule has 1 aliphatic rings. The fraction of sp³-hybridized carbons (Fsp3) is 0.600. The van der Waals surface area contributed by atoms with E-state index in [9.17, 15) is 0 Å². The molecule has 1 aromatic rings. The molecule has 0 aliphatic heterocycles. The summed E-state index contributed by atoms with van der Waals surface area (Å²) in [6.07, 6.45) is 8.10. The van der Waals surface area contributed by atoms with Crippen LogP contribution in [0.4, 0.5) is 0 Å². The molecule has 0 nitrogen and oxygen atoms in total. The van der Waals surface area contributed by atoms with Gasteiger partial charge in [0.25, 0.3) is 0 Å². The van der Waals surface area contributed by atoms with Crippen LogP contribution in [0.5, 0.6) is 0 Å². The molecule has 0 radical (unpaired) electrons. The summed E-state index contributed by atoms with van der Waals surface area (Å²) in [6.45, 7) is 12.9. The molecule has 1 aliphatic carbocycles. The van der Waals surface area contributed by atoms with Crippen molar-refractivity contribution in [1.82, 2.24) is 0 Å². The van der Waals surface area contributed by atoms with E-state index in [1.807, 2.05) is 0 Å². The smallest absolute Gasteiger partial charge is 0.0122 e. The van der Waals surface area contributed by atoms with E-state index in [4.69, 9.17) is 0 Å². The van der Waals surface area contributed by atoms with Crippen LogP contribution in [0.25, 0.3) is 0 Å². The minimum atomic E-state index is 0.528. The van der Waals surface area contributed by atoms with Crippen LogP contribution in [0.2, 0.25) is 0 Å². The summed E-state index contributed by atoms with van der Waals surface area (Å²) in [5.41, 5.74) is 3.37. The Kier molecular flexibility index (Phi) is 7.05. The van der Waals surface area contributed by atoms with Gasteiger partial charge in [0.05, 0.1) is 0 Å². The van der Waals surface area contributed by atoms with E-state index >= 15 is 0 Å². The van der Waals surface area contributed by atoms with Crippen LogP contribution in [-0.4, -0.2) is 0 Å². The fourth-order valence-electron chi connectivity index (χ4n) is 2.59. The number of allylic oxidation sites excluding steroid dienone is 1. The van der Waals surface area contributed by atoms with Gasteiger partial charge in [-0.25, -0.2) is 0 Å². The molecule has 0 aromatic heterocycles. The van der Waals surface area contributed by atoms with Crippen molar-refractivity contribution in [3.63, 3.8) is 0 Å². The molecule has 0 heteroatoms. The largest absolute Gasteiger partial charge is 0.0996 e. The molecule has 20 heavy (non-hydrogen) atoms. The standard InChI is InChI=1S/C12H18.C8H14/c1-3-4-8-11(2)12-9-6-5-7-10-12;1-7(2)8(3)5-4-6-8/h5-7,9-11H,3-4,8H2,1-2H3;1,4-6H2,2-3H3. The van der Waals surface area contributed by atoms with Crippen molar-refractivity contribution < 1.29 is 0 Å². The molecular weight excluding hydrogens is 240 g/mol. The lowest BCUT2D eigenvalue weighted by Gasteiger charge is -2.39. The third-order valence-corrected chi connectivity index (χ3v) is 4.85. The molecule has 1 fully saturated rings. The zero-order valence-corrected chi connectivity index (χ0v) is 13.9. The van der Waals surface area contributed by atoms with Crippen LogP contribution in [-0.2, 0) is 0 Å². The molecule has 0 spiro atoms. The molecule has 1 saturated carbocycles. The number of hydrogen-bond acceptors (Lipinski definition) is 0. The molecule has 0 amide bonds. The van der Waals surface area contributed by atoms with Gasteiger partial charge >= 0.3 is 0 Å². The van der Waals surface area contributed by atoms with E-state index in [2.05, 4.69) is 64.6 Å². The summed E-state index contributed by atoms with van der Waals surface area (Å²) in [5, 5.41) is 0. The second-order valence-corrected chi connectivity index (χ2v) is 6.65. The molecule has 0 saturated heterocycles. The van der Waals surface area contributed by atoms with Crippen molar-refractivity contribution in [3.8, 4) is 0 Å². The number of unbranched alkanes of at least 4 members (excludes halogenated alkanes) is 1. The highest BCUT2D eigenvalue weighted by Gasteiger charge is 2.31. The lowest BCUT2D eigenvalue weighted by Crippen LogP contribution is -2.25. The van der Waals surface area contributed by atoms with E-state index < -0.39 is 0 Å². The first kappa shape index (κ1) is 17.0. The average molecular weight is 272 g/mol. The molecule has 1 atom stereocenters. The Balaban J connectivity index is 0.000000217. The van der Waals surface area contributed by atoms with E-state index in [0.717, 1.165) is 5.92 Å². The molecule has 1 unspecified atom stereocenters. The van der Waals surface area contributed by atoms with Gasteiger partial charge in [-0.1, -0.05) is 82.5 Å². The molecule has 0 heterocycles. The first-order valence-corrected chi connectivity index (χ1v) is 8.20. The summed E-state index contributed by atoms with van der Waals surface area (Å²) in [6, 6.07) is 10.8. The zero-order valence-electron chi connectivity index (χ0n) is 13.9. The Morgan fingerprint density at radius 1 is 1.25 bits per heavy atom. The van der Waals surface area contributed by atoms with Crippen LogP contribution < -0.4 is 0 Å². The molecule has 112 valence electrons. The van der Waals surface area contributed by atoms with Crippen molar-refractivity contribution >= 4 is 0 Å². The summed E-state index contributed by atoms with van der Waals surface area (Å²) in [5.74, 6) is 0.728. The first-order chi connectivity index (χ1) is 9.49. The molecule has 1 aromatic carbocycles. The second kappa shape index (κ2) is 8.29. The monoisotopic (exact) mass is 272 g/mol. The SMILES string of the molecule is C=C(C)C1(C)CCC1.CCCCC(C)c1ccccc1. The Morgan fingerprint density at radius 3 is 2.20 bits per heavy atom. The highest BCUT2D eigenvalue weighted by atomic mass is 14.4. The lowest BCUT2D eigenvalue weighted by atomic mass is 9.66. The maximum absolute atomic E-state index is 3.95. The highest BCUT2D eigenvalue weighted by molar-refractivity contribution is 5.18. The zero-order chi connectivity index (χ0) is 15.0. The maximum atomic E-state index is 3.95. The van der Waals surface area contributed by atoms with Gasteiger partial charge in [-0.3, -0.25) is 0 Å². The van der Waals surface area contributed by atoms with Gasteiger partial charge in [-0.05, 0) is 43.1 Å². The quantitative estimate of drug-likeness (QED) is 0.521. The van der Waals surface area contributed by atoms with Gasteiger partial charge in [0.1, 0.15) is 0 Å². The molecule has 0 N–H and O–H groups in total. The Hall–Kier alpha value is -1.04. The Morgan fingerprint density at radius 2 is 1.85 bits per heavy atom. The predicted octanol–water partition coefficient (Wildman–Crippen LogP) is 6.73. The van der Waals surface area contributed by atoms with Gasteiger partial charge in [-0.2, -0.15) is 0 Å².